The van der Waals surface area contributed by atoms with Gasteiger partial charge in [0.25, 0.3) is 0 Å². The van der Waals surface area contributed by atoms with Crippen molar-refractivity contribution < 1.29 is 19.1 Å². The quantitative estimate of drug-likeness (QED) is 0.656. The van der Waals surface area contributed by atoms with Gasteiger partial charge >= 0.3 is 5.97 Å². The van der Waals surface area contributed by atoms with Gasteiger partial charge in [-0.2, -0.15) is 5.10 Å². The van der Waals surface area contributed by atoms with E-state index in [2.05, 4.69) is 24.4 Å². The Morgan fingerprint density at radius 3 is 2.69 bits per heavy atom. The molecule has 0 atom stereocenters. The Kier molecular flexibility index (Phi) is 4.63. The number of hydrazone groups is 1. The number of para-hydroxylation sites is 1. The van der Waals surface area contributed by atoms with E-state index in [9.17, 15) is 14.4 Å². The number of allylic oxidation sites excluding steroid dienone is 1. The van der Waals surface area contributed by atoms with Crippen molar-refractivity contribution in [3.8, 4) is 0 Å². The highest BCUT2D eigenvalue weighted by atomic mass is 16.5. The summed E-state index contributed by atoms with van der Waals surface area (Å²) in [5.74, 6) is -1.23. The first kappa shape index (κ1) is 17.8. The predicted molar refractivity (Wildman–Crippen MR) is 96.7 cm³/mol. The van der Waals surface area contributed by atoms with Gasteiger partial charge in [0.05, 0.1) is 0 Å². The van der Waals surface area contributed by atoms with Crippen molar-refractivity contribution >= 4 is 29.1 Å². The van der Waals surface area contributed by atoms with Crippen LogP contribution in [0.25, 0.3) is 0 Å². The lowest BCUT2D eigenvalue weighted by Crippen LogP contribution is -2.31. The van der Waals surface area contributed by atoms with Crippen LogP contribution in [0.1, 0.15) is 32.3 Å². The molecule has 2 aliphatic heterocycles. The van der Waals surface area contributed by atoms with Crippen LogP contribution in [-0.2, 0) is 24.5 Å². The smallest absolute Gasteiger partial charge is 0.354 e. The van der Waals surface area contributed by atoms with Crippen molar-refractivity contribution in [2.75, 3.05) is 18.6 Å². The van der Waals surface area contributed by atoms with Crippen LogP contribution in [0.15, 0.2) is 41.1 Å². The molecule has 3 rings (SSSR count). The van der Waals surface area contributed by atoms with Crippen molar-refractivity contribution in [2.45, 2.75) is 32.1 Å². The van der Waals surface area contributed by atoms with Gasteiger partial charge < -0.3 is 9.64 Å². The predicted octanol–water partition coefficient (Wildman–Crippen LogP) is 1.68. The minimum atomic E-state index is -0.681. The molecule has 0 fully saturated rings. The molecule has 26 heavy (non-hydrogen) atoms. The fourth-order valence-corrected chi connectivity index (χ4v) is 3.29. The van der Waals surface area contributed by atoms with Gasteiger partial charge in [-0.3, -0.25) is 9.59 Å². The number of benzene rings is 1. The molecule has 1 N–H and O–H groups in total. The highest BCUT2D eigenvalue weighted by Gasteiger charge is 2.38. The van der Waals surface area contributed by atoms with Gasteiger partial charge in [0.1, 0.15) is 5.71 Å². The Morgan fingerprint density at radius 1 is 1.31 bits per heavy atom. The van der Waals surface area contributed by atoms with Gasteiger partial charge in [-0.25, -0.2) is 10.2 Å². The largest absolute Gasteiger partial charge is 0.453 e. The lowest BCUT2D eigenvalue weighted by Gasteiger charge is -2.23. The van der Waals surface area contributed by atoms with Crippen LogP contribution < -0.4 is 10.3 Å². The van der Waals surface area contributed by atoms with E-state index in [1.165, 1.54) is 6.08 Å². The molecule has 0 bridgehead atoms. The highest BCUT2D eigenvalue weighted by Crippen LogP contribution is 2.46. The molecule has 0 spiro atoms. The van der Waals surface area contributed by atoms with E-state index in [0.29, 0.717) is 0 Å². The summed E-state index contributed by atoms with van der Waals surface area (Å²) in [7, 11) is 1.91. The molecule has 7 heteroatoms. The van der Waals surface area contributed by atoms with Gasteiger partial charge in [0, 0.05) is 42.8 Å². The average Bonchev–Trinajstić information content (AvgIpc) is 2.81. The van der Waals surface area contributed by atoms with Crippen molar-refractivity contribution in [1.29, 1.82) is 0 Å². The number of hydrogen-bond acceptors (Lipinski definition) is 6. The Bertz CT molecular complexity index is 839. The van der Waals surface area contributed by atoms with Crippen molar-refractivity contribution in [1.82, 2.24) is 5.43 Å². The van der Waals surface area contributed by atoms with E-state index in [4.69, 9.17) is 4.74 Å². The minimum Gasteiger partial charge on any atom is -0.453 e. The Hall–Kier alpha value is -2.96. The second-order valence-electron chi connectivity index (χ2n) is 6.87. The van der Waals surface area contributed by atoms with Gasteiger partial charge in [-0.1, -0.05) is 32.0 Å². The number of amides is 1. The number of carbonyl (C=O) groups excluding carboxylic acids is 3. The summed E-state index contributed by atoms with van der Waals surface area (Å²) in [4.78, 5) is 37.3. The summed E-state index contributed by atoms with van der Waals surface area (Å²) in [6.07, 6.45) is 1.92. The van der Waals surface area contributed by atoms with Crippen LogP contribution in [0.2, 0.25) is 0 Å². The zero-order valence-electron chi connectivity index (χ0n) is 15.0. The fraction of sp³-hybridized carbons (Fsp3) is 0.368. The number of ketones is 1. The number of esters is 1. The molecule has 7 nitrogen and oxygen atoms in total. The molecule has 2 heterocycles. The molecule has 0 saturated carbocycles. The van der Waals surface area contributed by atoms with Crippen LogP contribution in [0.3, 0.4) is 0 Å². The minimum absolute atomic E-state index is 0.121. The van der Waals surface area contributed by atoms with E-state index in [0.717, 1.165) is 16.9 Å². The average molecular weight is 355 g/mol. The first-order valence-corrected chi connectivity index (χ1v) is 8.41. The lowest BCUT2D eigenvalue weighted by molar-refractivity contribution is -0.140. The van der Waals surface area contributed by atoms with E-state index >= 15 is 0 Å². The standard InChI is InChI=1S/C19H21N3O4/c1-19(2)13-6-4-5-7-15(13)22(3)16(19)10-12(23)11-26-18(25)14-8-9-17(24)21-20-14/h4-7,10H,8-9,11H2,1-3H3,(H,21,24)/b16-10-. The number of anilines is 1. The Balaban J connectivity index is 1.68. The maximum absolute atomic E-state index is 12.3. The molecule has 0 saturated heterocycles. The number of carbonyl (C=O) groups is 3. The van der Waals surface area contributed by atoms with E-state index in [-0.39, 0.29) is 42.3 Å². The maximum Gasteiger partial charge on any atom is 0.354 e. The molecule has 1 amide bonds. The van der Waals surface area contributed by atoms with Crippen LogP contribution in [0.5, 0.6) is 0 Å². The lowest BCUT2D eigenvalue weighted by atomic mass is 9.83. The number of hydrogen-bond donors (Lipinski definition) is 1. The number of nitrogens with one attached hydrogen (secondary N) is 1. The van der Waals surface area contributed by atoms with E-state index in [1.807, 2.05) is 36.2 Å². The molecular weight excluding hydrogens is 334 g/mol. The number of fused-ring (bicyclic) bond motifs is 1. The van der Waals surface area contributed by atoms with Crippen LogP contribution in [0, 0.1) is 0 Å². The SMILES string of the molecule is CN1/C(=C\C(=O)COC(=O)C2=NNC(=O)CC2)C(C)(C)c2ccccc21. The number of nitrogens with zero attached hydrogens (tertiary/aromatic N) is 2. The summed E-state index contributed by atoms with van der Waals surface area (Å²) >= 11 is 0. The third-order valence-electron chi connectivity index (χ3n) is 4.72. The van der Waals surface area contributed by atoms with Gasteiger partial charge in [0.2, 0.25) is 5.91 Å². The highest BCUT2D eigenvalue weighted by molar-refractivity contribution is 6.37. The number of ether oxygens (including phenoxy) is 1. The van der Waals surface area contributed by atoms with Crippen LogP contribution in [0.4, 0.5) is 5.69 Å². The summed E-state index contributed by atoms with van der Waals surface area (Å²) in [5.41, 5.74) is 5.08. The summed E-state index contributed by atoms with van der Waals surface area (Å²) < 4.78 is 5.04. The monoisotopic (exact) mass is 355 g/mol. The molecule has 0 aliphatic carbocycles. The molecule has 0 radical (unpaired) electrons. The van der Waals surface area contributed by atoms with Crippen molar-refractivity contribution in [2.24, 2.45) is 5.10 Å². The maximum atomic E-state index is 12.3. The topological polar surface area (TPSA) is 88.1 Å². The number of rotatable bonds is 4. The fourth-order valence-electron chi connectivity index (χ4n) is 3.29. The summed E-state index contributed by atoms with van der Waals surface area (Å²) in [6.45, 7) is 3.75. The molecule has 1 aromatic rings. The van der Waals surface area contributed by atoms with Crippen LogP contribution >= 0.6 is 0 Å². The van der Waals surface area contributed by atoms with Crippen LogP contribution in [-0.4, -0.2) is 37.0 Å². The van der Waals surface area contributed by atoms with Crippen molar-refractivity contribution in [3.05, 3.63) is 41.6 Å². The van der Waals surface area contributed by atoms with Gasteiger partial charge in [-0.05, 0) is 11.6 Å². The molecule has 136 valence electrons. The first-order chi connectivity index (χ1) is 12.3. The summed E-state index contributed by atoms with van der Waals surface area (Å²) in [6, 6.07) is 8.00. The van der Waals surface area contributed by atoms with E-state index < -0.39 is 5.97 Å². The Morgan fingerprint density at radius 2 is 2.04 bits per heavy atom. The third kappa shape index (κ3) is 3.24. The second-order valence-corrected chi connectivity index (χ2v) is 6.87. The zero-order chi connectivity index (χ0) is 18.9. The molecule has 0 unspecified atom stereocenters. The summed E-state index contributed by atoms with van der Waals surface area (Å²) in [5, 5.41) is 3.66. The number of likely N-dealkylation sites (N-methyl/N-ethyl adjacent to an activating group) is 1. The normalized spacial score (nSPS) is 19.7. The molecule has 0 aromatic heterocycles. The molecule has 1 aromatic carbocycles. The van der Waals surface area contributed by atoms with Crippen molar-refractivity contribution in [3.63, 3.8) is 0 Å². The zero-order valence-corrected chi connectivity index (χ0v) is 15.0. The second kappa shape index (κ2) is 6.74. The first-order valence-electron chi connectivity index (χ1n) is 8.41. The Labute approximate surface area is 151 Å². The third-order valence-corrected chi connectivity index (χ3v) is 4.72. The van der Waals surface area contributed by atoms with Gasteiger partial charge in [-0.15, -0.1) is 0 Å². The van der Waals surface area contributed by atoms with Gasteiger partial charge in [0.15, 0.2) is 12.4 Å². The molecule has 2 aliphatic rings. The van der Waals surface area contributed by atoms with E-state index in [1.54, 1.807) is 0 Å². The molecular formula is C19H21N3O4.